The summed E-state index contributed by atoms with van der Waals surface area (Å²) in [4.78, 5) is 0. The van der Waals surface area contributed by atoms with Crippen molar-refractivity contribution in [3.63, 3.8) is 0 Å². The minimum absolute atomic E-state index is 0.370. The van der Waals surface area contributed by atoms with Gasteiger partial charge in [-0.15, -0.1) is 0 Å². The molecule has 2 aromatic rings. The second kappa shape index (κ2) is 4.38. The van der Waals surface area contributed by atoms with Crippen LogP contribution < -0.4 is 4.74 Å². The Balaban J connectivity index is 2.37. The second-order valence-electron chi connectivity index (χ2n) is 3.20. The van der Waals surface area contributed by atoms with Crippen LogP contribution in [0.15, 0.2) is 39.9 Å². The highest BCUT2D eigenvalue weighted by Gasteiger charge is 2.17. The average molecular weight is 274 g/mol. The van der Waals surface area contributed by atoms with E-state index in [9.17, 15) is 8.42 Å². The van der Waals surface area contributed by atoms with Crippen LogP contribution in [0.4, 0.5) is 0 Å². The van der Waals surface area contributed by atoms with E-state index in [1.807, 2.05) is 0 Å². The van der Waals surface area contributed by atoms with Crippen LogP contribution in [-0.2, 0) is 9.05 Å². The van der Waals surface area contributed by atoms with Gasteiger partial charge in [-0.05, 0) is 24.3 Å². The van der Waals surface area contributed by atoms with Crippen molar-refractivity contribution in [1.82, 2.24) is 5.16 Å². The molecule has 0 radical (unpaired) electrons. The highest BCUT2D eigenvalue weighted by molar-refractivity contribution is 8.13. The van der Waals surface area contributed by atoms with E-state index in [0.29, 0.717) is 17.0 Å². The summed E-state index contributed by atoms with van der Waals surface area (Å²) < 4.78 is 31.6. The summed E-state index contributed by atoms with van der Waals surface area (Å²) in [6.45, 7) is 0. The largest absolute Gasteiger partial charge is 0.497 e. The lowest BCUT2D eigenvalue weighted by atomic mass is 10.1. The molecule has 0 atom stereocenters. The molecule has 0 bridgehead atoms. The van der Waals surface area contributed by atoms with E-state index in [0.717, 1.165) is 0 Å². The molecule has 7 heteroatoms. The predicted octanol–water partition coefficient (Wildman–Crippen LogP) is 2.28. The Bertz CT molecular complexity index is 618. The number of hydrogen-bond acceptors (Lipinski definition) is 5. The van der Waals surface area contributed by atoms with Gasteiger partial charge in [0.1, 0.15) is 11.4 Å². The molecule has 0 fully saturated rings. The van der Waals surface area contributed by atoms with E-state index >= 15 is 0 Å². The van der Waals surface area contributed by atoms with Crippen LogP contribution in [0, 0.1) is 0 Å². The van der Waals surface area contributed by atoms with Gasteiger partial charge in [-0.3, -0.25) is 0 Å². The van der Waals surface area contributed by atoms with E-state index in [-0.39, 0.29) is 5.09 Å². The van der Waals surface area contributed by atoms with E-state index in [1.165, 1.54) is 6.07 Å². The highest BCUT2D eigenvalue weighted by Crippen LogP contribution is 2.25. The molecule has 90 valence electrons. The van der Waals surface area contributed by atoms with Crippen molar-refractivity contribution in [2.45, 2.75) is 5.09 Å². The van der Waals surface area contributed by atoms with Gasteiger partial charge < -0.3 is 9.26 Å². The number of rotatable bonds is 3. The molecule has 0 aliphatic heterocycles. The van der Waals surface area contributed by atoms with Crippen molar-refractivity contribution in [1.29, 1.82) is 0 Å². The first-order chi connectivity index (χ1) is 8.00. The summed E-state index contributed by atoms with van der Waals surface area (Å²) in [7, 11) is 2.80. The Morgan fingerprint density at radius 1 is 1.29 bits per heavy atom. The lowest BCUT2D eigenvalue weighted by molar-refractivity contribution is 0.343. The van der Waals surface area contributed by atoms with E-state index < -0.39 is 9.05 Å². The van der Waals surface area contributed by atoms with Gasteiger partial charge in [-0.25, -0.2) is 8.42 Å². The number of benzene rings is 1. The smallest absolute Gasteiger partial charge is 0.297 e. The maximum Gasteiger partial charge on any atom is 0.297 e. The summed E-state index contributed by atoms with van der Waals surface area (Å²) in [5.41, 5.74) is 1.10. The van der Waals surface area contributed by atoms with Gasteiger partial charge in [0.2, 0.25) is 0 Å². The lowest BCUT2D eigenvalue weighted by Crippen LogP contribution is -1.85. The normalized spacial score (nSPS) is 11.4. The molecule has 1 aromatic carbocycles. The molecule has 17 heavy (non-hydrogen) atoms. The van der Waals surface area contributed by atoms with Crippen LogP contribution >= 0.6 is 10.7 Å². The van der Waals surface area contributed by atoms with Crippen molar-refractivity contribution >= 4 is 19.7 Å². The molecular weight excluding hydrogens is 266 g/mol. The highest BCUT2D eigenvalue weighted by atomic mass is 35.7. The fraction of sp³-hybridized carbons (Fsp3) is 0.100. The van der Waals surface area contributed by atoms with E-state index in [4.69, 9.17) is 15.4 Å². The van der Waals surface area contributed by atoms with Crippen molar-refractivity contribution < 1.29 is 17.7 Å². The Labute approximate surface area is 102 Å². The Kier molecular flexibility index (Phi) is 3.08. The molecule has 5 nitrogen and oxygen atoms in total. The number of methoxy groups -OCH3 is 1. The van der Waals surface area contributed by atoms with Gasteiger partial charge in [0.15, 0.2) is 0 Å². The van der Waals surface area contributed by atoms with Crippen molar-refractivity contribution in [3.8, 4) is 17.0 Å². The standard InChI is InChI=1S/C10H8ClNO4S/c1-15-8-4-2-7(3-5-8)9-6-10(16-12-9)17(11,13)14/h2-6H,1H3. The number of nitrogens with zero attached hydrogens (tertiary/aromatic N) is 1. The third-order valence-electron chi connectivity index (χ3n) is 2.11. The molecule has 0 unspecified atom stereocenters. The molecule has 0 N–H and O–H groups in total. The summed E-state index contributed by atoms with van der Waals surface area (Å²) in [5.74, 6) is 0.697. The molecule has 0 aliphatic carbocycles. The molecule has 1 heterocycles. The Hall–Kier alpha value is -1.53. The zero-order chi connectivity index (χ0) is 12.5. The summed E-state index contributed by atoms with van der Waals surface area (Å²) in [5, 5.41) is 3.26. The van der Waals surface area contributed by atoms with Gasteiger partial charge >= 0.3 is 0 Å². The maximum absolute atomic E-state index is 11.0. The SMILES string of the molecule is COc1ccc(-c2cc(S(=O)(=O)Cl)on2)cc1. The summed E-state index contributed by atoms with van der Waals surface area (Å²) >= 11 is 0. The maximum atomic E-state index is 11.0. The molecule has 0 aliphatic rings. The second-order valence-corrected chi connectivity index (χ2v) is 5.69. The molecule has 0 spiro atoms. The topological polar surface area (TPSA) is 69.4 Å². The molecule has 0 amide bonds. The predicted molar refractivity (Wildman–Crippen MR) is 61.5 cm³/mol. The van der Waals surface area contributed by atoms with Crippen LogP contribution in [0.1, 0.15) is 0 Å². The molecule has 0 saturated heterocycles. The molecule has 0 saturated carbocycles. The first-order valence-corrected chi connectivity index (χ1v) is 6.87. The lowest BCUT2D eigenvalue weighted by Gasteiger charge is -1.99. The van der Waals surface area contributed by atoms with Crippen LogP contribution in [0.25, 0.3) is 11.3 Å². The first kappa shape index (κ1) is 11.9. The Morgan fingerprint density at radius 3 is 2.41 bits per heavy atom. The first-order valence-electron chi connectivity index (χ1n) is 4.56. The van der Waals surface area contributed by atoms with Crippen LogP contribution in [0.3, 0.4) is 0 Å². The summed E-state index contributed by atoms with van der Waals surface area (Å²) in [6, 6.07) is 8.21. The zero-order valence-corrected chi connectivity index (χ0v) is 10.3. The quantitative estimate of drug-likeness (QED) is 0.803. The fourth-order valence-corrected chi connectivity index (χ4v) is 1.87. The third-order valence-corrected chi connectivity index (χ3v) is 3.24. The summed E-state index contributed by atoms with van der Waals surface area (Å²) in [6.07, 6.45) is 0. The van der Waals surface area contributed by atoms with Gasteiger partial charge in [0, 0.05) is 22.3 Å². The minimum atomic E-state index is -3.88. The molecular formula is C10H8ClNO4S. The molecule has 1 aromatic heterocycles. The number of hydrogen-bond donors (Lipinski definition) is 0. The fourth-order valence-electron chi connectivity index (χ4n) is 1.27. The van der Waals surface area contributed by atoms with Gasteiger partial charge in [-0.1, -0.05) is 5.16 Å². The third kappa shape index (κ3) is 2.59. The van der Waals surface area contributed by atoms with E-state index in [1.54, 1.807) is 31.4 Å². The van der Waals surface area contributed by atoms with Gasteiger partial charge in [0.05, 0.1) is 7.11 Å². The van der Waals surface area contributed by atoms with Crippen molar-refractivity contribution in [2.24, 2.45) is 0 Å². The van der Waals surface area contributed by atoms with Crippen LogP contribution in [0.2, 0.25) is 0 Å². The zero-order valence-electron chi connectivity index (χ0n) is 8.75. The van der Waals surface area contributed by atoms with Crippen LogP contribution in [-0.4, -0.2) is 20.7 Å². The molecule has 2 rings (SSSR count). The van der Waals surface area contributed by atoms with Crippen molar-refractivity contribution in [2.75, 3.05) is 7.11 Å². The number of ether oxygens (including phenoxy) is 1. The van der Waals surface area contributed by atoms with Gasteiger partial charge in [-0.2, -0.15) is 0 Å². The average Bonchev–Trinajstić information content (AvgIpc) is 2.78. The van der Waals surface area contributed by atoms with Crippen molar-refractivity contribution in [3.05, 3.63) is 30.3 Å². The minimum Gasteiger partial charge on any atom is -0.497 e. The van der Waals surface area contributed by atoms with Gasteiger partial charge in [0.25, 0.3) is 14.1 Å². The number of aromatic nitrogens is 1. The Morgan fingerprint density at radius 2 is 1.94 bits per heavy atom. The van der Waals surface area contributed by atoms with E-state index in [2.05, 4.69) is 9.68 Å². The van der Waals surface area contributed by atoms with Crippen LogP contribution in [0.5, 0.6) is 5.75 Å². The number of halogens is 1. The monoisotopic (exact) mass is 273 g/mol.